The quantitative estimate of drug-likeness (QED) is 0.442. The fraction of sp³-hybridized carbons (Fsp3) is 0.345. The summed E-state index contributed by atoms with van der Waals surface area (Å²) in [6, 6.07) is 18.9. The molecule has 0 bridgehead atoms. The van der Waals surface area contributed by atoms with E-state index in [2.05, 4.69) is 10.3 Å². The fourth-order valence-electron chi connectivity index (χ4n) is 4.62. The topological polar surface area (TPSA) is 80.8 Å². The van der Waals surface area contributed by atoms with Gasteiger partial charge in [-0.2, -0.15) is 0 Å². The van der Waals surface area contributed by atoms with Gasteiger partial charge in [0.05, 0.1) is 13.7 Å². The van der Waals surface area contributed by atoms with Crippen molar-refractivity contribution in [2.45, 2.75) is 51.1 Å². The van der Waals surface area contributed by atoms with Crippen LogP contribution in [0.25, 0.3) is 0 Å². The van der Waals surface area contributed by atoms with Crippen LogP contribution in [0.1, 0.15) is 61.1 Å². The highest BCUT2D eigenvalue weighted by atomic mass is 16.5. The van der Waals surface area contributed by atoms with E-state index in [-0.39, 0.29) is 23.6 Å². The monoisotopic (exact) mass is 487 g/mol. The minimum atomic E-state index is -0.922. The number of ether oxygens (including phenoxy) is 2. The molecule has 0 spiro atoms. The Morgan fingerprint density at radius 3 is 2.44 bits per heavy atom. The molecule has 0 unspecified atom stereocenters. The summed E-state index contributed by atoms with van der Waals surface area (Å²) in [7, 11) is 1.58. The predicted molar refractivity (Wildman–Crippen MR) is 139 cm³/mol. The molecule has 1 heterocycles. The summed E-state index contributed by atoms with van der Waals surface area (Å²) in [5.41, 5.74) is 1.48. The Morgan fingerprint density at radius 2 is 1.78 bits per heavy atom. The number of amides is 2. The van der Waals surface area contributed by atoms with Crippen LogP contribution < -0.4 is 19.7 Å². The molecule has 1 atom stereocenters. The van der Waals surface area contributed by atoms with Gasteiger partial charge in [0.25, 0.3) is 5.91 Å². The number of aromatic nitrogens is 1. The first-order valence-electron chi connectivity index (χ1n) is 12.5. The zero-order valence-corrected chi connectivity index (χ0v) is 20.9. The molecule has 0 aliphatic heterocycles. The van der Waals surface area contributed by atoms with E-state index in [1.807, 2.05) is 25.1 Å². The van der Waals surface area contributed by atoms with Gasteiger partial charge in [-0.05, 0) is 73.9 Å². The molecule has 1 saturated carbocycles. The van der Waals surface area contributed by atoms with Crippen LogP contribution in [0.15, 0.2) is 72.9 Å². The Balaban J connectivity index is 1.80. The van der Waals surface area contributed by atoms with Gasteiger partial charge in [-0.15, -0.1) is 0 Å². The summed E-state index contributed by atoms with van der Waals surface area (Å²) in [5.74, 6) is 0.704. The summed E-state index contributed by atoms with van der Waals surface area (Å²) in [6.07, 6.45) is 6.81. The number of nitrogens with zero attached hydrogens (tertiary/aromatic N) is 2. The molecule has 2 amide bonds. The van der Waals surface area contributed by atoms with Gasteiger partial charge >= 0.3 is 0 Å². The molecule has 1 N–H and O–H groups in total. The number of carbonyl (C=O) groups is 2. The smallest absolute Gasteiger partial charge is 0.277 e. The molecule has 3 aromatic rings. The first-order valence-corrected chi connectivity index (χ1v) is 12.5. The van der Waals surface area contributed by atoms with E-state index in [0.717, 1.165) is 25.7 Å². The Labute approximate surface area is 212 Å². The zero-order valence-electron chi connectivity index (χ0n) is 20.9. The maximum atomic E-state index is 13.9. The number of hydrogen-bond acceptors (Lipinski definition) is 5. The largest absolute Gasteiger partial charge is 0.497 e. The molecule has 4 rings (SSSR count). The Bertz CT molecular complexity index is 1140. The summed E-state index contributed by atoms with van der Waals surface area (Å²) < 4.78 is 11.0. The molecule has 36 heavy (non-hydrogen) atoms. The molecular weight excluding hydrogens is 454 g/mol. The lowest BCUT2D eigenvalue weighted by atomic mass is 9.94. The fourth-order valence-corrected chi connectivity index (χ4v) is 4.62. The molecule has 0 saturated heterocycles. The molecule has 1 aliphatic rings. The SMILES string of the molecule is CCOc1ccc(N(C(=O)c2ccccn2)[C@H](C(=O)NC2CCCCC2)c2cccc(OC)c2)cc1. The van der Waals surface area contributed by atoms with Crippen LogP contribution in [0, 0.1) is 0 Å². The summed E-state index contributed by atoms with van der Waals surface area (Å²) >= 11 is 0. The summed E-state index contributed by atoms with van der Waals surface area (Å²) in [4.78, 5) is 33.7. The highest BCUT2D eigenvalue weighted by Crippen LogP contribution is 2.33. The number of benzene rings is 2. The molecule has 2 aromatic carbocycles. The number of hydrogen-bond donors (Lipinski definition) is 1. The van der Waals surface area contributed by atoms with Crippen molar-refractivity contribution < 1.29 is 19.1 Å². The van der Waals surface area contributed by atoms with Gasteiger partial charge in [-0.3, -0.25) is 19.5 Å². The molecule has 7 nitrogen and oxygen atoms in total. The van der Waals surface area contributed by atoms with Gasteiger partial charge < -0.3 is 14.8 Å². The second-order valence-corrected chi connectivity index (χ2v) is 8.84. The summed E-state index contributed by atoms with van der Waals surface area (Å²) in [6.45, 7) is 2.45. The molecule has 7 heteroatoms. The summed E-state index contributed by atoms with van der Waals surface area (Å²) in [5, 5.41) is 3.22. The van der Waals surface area contributed by atoms with E-state index in [1.165, 1.54) is 11.3 Å². The van der Waals surface area contributed by atoms with Crippen molar-refractivity contribution in [2.24, 2.45) is 0 Å². The van der Waals surface area contributed by atoms with E-state index in [4.69, 9.17) is 9.47 Å². The number of rotatable bonds is 9. The second kappa shape index (κ2) is 12.2. The second-order valence-electron chi connectivity index (χ2n) is 8.84. The Hall–Kier alpha value is -3.87. The van der Waals surface area contributed by atoms with Crippen LogP contribution in [-0.4, -0.2) is 36.6 Å². The third kappa shape index (κ3) is 6.03. The van der Waals surface area contributed by atoms with Crippen LogP contribution in [0.2, 0.25) is 0 Å². The standard InChI is InChI=1S/C29H33N3O4/c1-3-36-24-17-15-23(16-18-24)32(29(34)26-14-7-8-19-30-26)27(21-10-9-13-25(20-21)35-2)28(33)31-22-11-5-4-6-12-22/h7-10,13-20,22,27H,3-6,11-12H2,1-2H3,(H,31,33)/t27-/m0/s1. The number of carbonyl (C=O) groups excluding carboxylic acids is 2. The molecule has 0 radical (unpaired) electrons. The lowest BCUT2D eigenvalue weighted by Crippen LogP contribution is -2.47. The average molecular weight is 488 g/mol. The number of nitrogens with one attached hydrogen (secondary N) is 1. The van der Waals surface area contributed by atoms with Gasteiger partial charge in [0, 0.05) is 17.9 Å². The van der Waals surface area contributed by atoms with Crippen molar-refractivity contribution in [3.8, 4) is 11.5 Å². The van der Waals surface area contributed by atoms with Gasteiger partial charge in [0.1, 0.15) is 23.2 Å². The van der Waals surface area contributed by atoms with Gasteiger partial charge in [-0.25, -0.2) is 0 Å². The van der Waals surface area contributed by atoms with E-state index in [9.17, 15) is 9.59 Å². The van der Waals surface area contributed by atoms with Crippen molar-refractivity contribution in [3.05, 3.63) is 84.2 Å². The van der Waals surface area contributed by atoms with Gasteiger partial charge in [-0.1, -0.05) is 37.5 Å². The van der Waals surface area contributed by atoms with E-state index in [1.54, 1.807) is 61.8 Å². The van der Waals surface area contributed by atoms with Crippen LogP contribution >= 0.6 is 0 Å². The minimum Gasteiger partial charge on any atom is -0.497 e. The third-order valence-electron chi connectivity index (χ3n) is 6.40. The normalized spacial score (nSPS) is 14.5. The lowest BCUT2D eigenvalue weighted by molar-refractivity contribution is -0.123. The molecule has 188 valence electrons. The van der Waals surface area contributed by atoms with Gasteiger partial charge in [0.2, 0.25) is 5.91 Å². The third-order valence-corrected chi connectivity index (χ3v) is 6.40. The van der Waals surface area contributed by atoms with Crippen LogP contribution in [0.3, 0.4) is 0 Å². The van der Waals surface area contributed by atoms with E-state index >= 15 is 0 Å². The van der Waals surface area contributed by atoms with Crippen molar-refractivity contribution >= 4 is 17.5 Å². The first kappa shape index (κ1) is 25.2. The van der Waals surface area contributed by atoms with Crippen molar-refractivity contribution in [2.75, 3.05) is 18.6 Å². The zero-order chi connectivity index (χ0) is 25.3. The molecule has 1 fully saturated rings. The molecular formula is C29H33N3O4. The average Bonchev–Trinajstić information content (AvgIpc) is 2.93. The molecule has 1 aliphatic carbocycles. The van der Waals surface area contributed by atoms with E-state index < -0.39 is 6.04 Å². The van der Waals surface area contributed by atoms with Crippen molar-refractivity contribution in [1.82, 2.24) is 10.3 Å². The van der Waals surface area contributed by atoms with Crippen LogP contribution in [0.4, 0.5) is 5.69 Å². The molecule has 1 aromatic heterocycles. The predicted octanol–water partition coefficient (Wildman–Crippen LogP) is 5.33. The highest BCUT2D eigenvalue weighted by molar-refractivity contribution is 6.09. The minimum absolute atomic E-state index is 0.0893. The maximum Gasteiger partial charge on any atom is 0.277 e. The van der Waals surface area contributed by atoms with Crippen LogP contribution in [0.5, 0.6) is 11.5 Å². The maximum absolute atomic E-state index is 13.9. The Morgan fingerprint density at radius 1 is 1.00 bits per heavy atom. The van der Waals surface area contributed by atoms with Crippen molar-refractivity contribution in [1.29, 1.82) is 0 Å². The lowest BCUT2D eigenvalue weighted by Gasteiger charge is -2.33. The number of pyridine rings is 1. The van der Waals surface area contributed by atoms with E-state index in [0.29, 0.717) is 29.4 Å². The first-order chi connectivity index (χ1) is 17.6. The Kier molecular flexibility index (Phi) is 8.55. The van der Waals surface area contributed by atoms with Crippen LogP contribution in [-0.2, 0) is 4.79 Å². The number of methoxy groups -OCH3 is 1. The van der Waals surface area contributed by atoms with Crippen molar-refractivity contribution in [3.63, 3.8) is 0 Å². The number of anilines is 1. The van der Waals surface area contributed by atoms with Gasteiger partial charge in [0.15, 0.2) is 0 Å². The highest BCUT2D eigenvalue weighted by Gasteiger charge is 2.35.